The first-order valence-corrected chi connectivity index (χ1v) is 8.20. The summed E-state index contributed by atoms with van der Waals surface area (Å²) in [5.41, 5.74) is 6.30. The van der Waals surface area contributed by atoms with E-state index in [2.05, 4.69) is 44.4 Å². The summed E-state index contributed by atoms with van der Waals surface area (Å²) in [6.07, 6.45) is 1.05. The monoisotopic (exact) mass is 360 g/mol. The van der Waals surface area contributed by atoms with Crippen LogP contribution in [0.2, 0.25) is 5.02 Å². The van der Waals surface area contributed by atoms with Crippen molar-refractivity contribution < 1.29 is 0 Å². The molecule has 0 radical (unpaired) electrons. The van der Waals surface area contributed by atoms with Crippen LogP contribution < -0.4 is 5.32 Å². The van der Waals surface area contributed by atoms with Crippen molar-refractivity contribution in [2.45, 2.75) is 13.0 Å². The first-order chi connectivity index (χ1) is 10.2. The second kappa shape index (κ2) is 5.16. The Bertz CT molecular complexity index is 838. The SMILES string of the molecule is Clc1cccc(-c2ccc(Br)c3[nH]c4c(c23)CNCC4)c1. The minimum atomic E-state index is 0.770. The highest BCUT2D eigenvalue weighted by molar-refractivity contribution is 9.10. The molecule has 2 heterocycles. The molecule has 2 N–H and O–H groups in total. The van der Waals surface area contributed by atoms with E-state index < -0.39 is 0 Å². The zero-order valence-electron chi connectivity index (χ0n) is 11.3. The average molecular weight is 362 g/mol. The number of halogens is 2. The normalized spacial score (nSPS) is 14.4. The number of fused-ring (bicyclic) bond motifs is 3. The maximum absolute atomic E-state index is 6.17. The third-order valence-electron chi connectivity index (χ3n) is 4.09. The number of rotatable bonds is 1. The highest BCUT2D eigenvalue weighted by Gasteiger charge is 2.19. The van der Waals surface area contributed by atoms with Gasteiger partial charge in [0, 0.05) is 40.1 Å². The standard InChI is InChI=1S/C17H14BrClN2/c18-14-5-4-12(10-2-1-3-11(19)8-10)16-13-9-20-7-6-15(13)21-17(14)16/h1-5,8,20-21H,6-7,9H2. The van der Waals surface area contributed by atoms with Crippen LogP contribution in [0, 0.1) is 0 Å². The maximum Gasteiger partial charge on any atom is 0.0610 e. The van der Waals surface area contributed by atoms with Gasteiger partial charge in [-0.3, -0.25) is 0 Å². The quantitative estimate of drug-likeness (QED) is 0.634. The van der Waals surface area contributed by atoms with Crippen LogP contribution in [-0.4, -0.2) is 11.5 Å². The Morgan fingerprint density at radius 1 is 1.14 bits per heavy atom. The van der Waals surface area contributed by atoms with Gasteiger partial charge in [-0.05, 0) is 50.8 Å². The summed E-state index contributed by atoms with van der Waals surface area (Å²) in [6.45, 7) is 1.95. The van der Waals surface area contributed by atoms with E-state index in [9.17, 15) is 0 Å². The highest BCUT2D eigenvalue weighted by atomic mass is 79.9. The largest absolute Gasteiger partial charge is 0.357 e. The molecule has 21 heavy (non-hydrogen) atoms. The second-order valence-corrected chi connectivity index (χ2v) is 6.65. The average Bonchev–Trinajstić information content (AvgIpc) is 2.88. The molecule has 0 unspecified atom stereocenters. The van der Waals surface area contributed by atoms with E-state index >= 15 is 0 Å². The van der Waals surface area contributed by atoms with Crippen LogP contribution in [0.25, 0.3) is 22.0 Å². The number of hydrogen-bond donors (Lipinski definition) is 2. The van der Waals surface area contributed by atoms with Gasteiger partial charge >= 0.3 is 0 Å². The van der Waals surface area contributed by atoms with E-state index in [0.717, 1.165) is 34.6 Å². The van der Waals surface area contributed by atoms with E-state index in [0.29, 0.717) is 0 Å². The lowest BCUT2D eigenvalue weighted by molar-refractivity contribution is 0.641. The van der Waals surface area contributed by atoms with Crippen LogP contribution in [0.4, 0.5) is 0 Å². The molecule has 3 aromatic rings. The zero-order valence-corrected chi connectivity index (χ0v) is 13.7. The van der Waals surface area contributed by atoms with E-state index in [1.807, 2.05) is 18.2 Å². The molecule has 0 amide bonds. The van der Waals surface area contributed by atoms with Gasteiger partial charge in [-0.1, -0.05) is 29.8 Å². The Labute approximate surface area is 136 Å². The van der Waals surface area contributed by atoms with Crippen molar-refractivity contribution in [3.63, 3.8) is 0 Å². The van der Waals surface area contributed by atoms with Crippen molar-refractivity contribution in [3.05, 3.63) is 57.2 Å². The molecule has 2 nitrogen and oxygen atoms in total. The number of benzene rings is 2. The molecule has 1 aromatic heterocycles. The lowest BCUT2D eigenvalue weighted by Crippen LogP contribution is -2.22. The molecular weight excluding hydrogens is 348 g/mol. The van der Waals surface area contributed by atoms with Crippen molar-refractivity contribution in [2.75, 3.05) is 6.54 Å². The summed E-state index contributed by atoms with van der Waals surface area (Å²) in [6, 6.07) is 12.3. The molecule has 0 fully saturated rings. The lowest BCUT2D eigenvalue weighted by Gasteiger charge is -2.14. The summed E-state index contributed by atoms with van der Waals surface area (Å²) >= 11 is 9.83. The van der Waals surface area contributed by atoms with Gasteiger partial charge in [0.15, 0.2) is 0 Å². The van der Waals surface area contributed by atoms with E-state index in [-0.39, 0.29) is 0 Å². The fourth-order valence-electron chi connectivity index (χ4n) is 3.12. The predicted octanol–water partition coefficient (Wildman–Crippen LogP) is 4.90. The molecule has 0 spiro atoms. The van der Waals surface area contributed by atoms with Gasteiger partial charge in [0.2, 0.25) is 0 Å². The van der Waals surface area contributed by atoms with Gasteiger partial charge in [-0.25, -0.2) is 0 Å². The predicted molar refractivity (Wildman–Crippen MR) is 91.9 cm³/mol. The lowest BCUT2D eigenvalue weighted by atomic mass is 9.97. The Balaban J connectivity index is 2.05. The van der Waals surface area contributed by atoms with Crippen molar-refractivity contribution in [1.29, 1.82) is 0 Å². The van der Waals surface area contributed by atoms with E-state index in [4.69, 9.17) is 11.6 Å². The van der Waals surface area contributed by atoms with E-state index in [1.165, 1.54) is 27.7 Å². The fourth-order valence-corrected chi connectivity index (χ4v) is 3.74. The van der Waals surface area contributed by atoms with Crippen LogP contribution in [0.3, 0.4) is 0 Å². The van der Waals surface area contributed by atoms with Crippen molar-refractivity contribution in [1.82, 2.24) is 10.3 Å². The number of aromatic nitrogens is 1. The maximum atomic E-state index is 6.17. The Morgan fingerprint density at radius 2 is 2.05 bits per heavy atom. The van der Waals surface area contributed by atoms with Gasteiger partial charge in [0.1, 0.15) is 0 Å². The van der Waals surface area contributed by atoms with Crippen molar-refractivity contribution in [2.24, 2.45) is 0 Å². The summed E-state index contributed by atoms with van der Waals surface area (Å²) in [4.78, 5) is 3.59. The Hall–Kier alpha value is -1.29. The molecule has 4 rings (SSSR count). The van der Waals surface area contributed by atoms with Crippen LogP contribution in [0.15, 0.2) is 40.9 Å². The molecule has 106 valence electrons. The molecule has 0 bridgehead atoms. The van der Waals surface area contributed by atoms with Crippen molar-refractivity contribution >= 4 is 38.4 Å². The first-order valence-electron chi connectivity index (χ1n) is 7.02. The number of H-pyrrole nitrogens is 1. The molecule has 0 saturated carbocycles. The molecular formula is C17H14BrClN2. The third-order valence-corrected chi connectivity index (χ3v) is 4.98. The second-order valence-electron chi connectivity index (χ2n) is 5.36. The summed E-state index contributed by atoms with van der Waals surface area (Å²) in [7, 11) is 0. The molecule has 1 aliphatic heterocycles. The first kappa shape index (κ1) is 13.4. The molecule has 0 aliphatic carbocycles. The molecule has 1 aliphatic rings. The smallest absolute Gasteiger partial charge is 0.0610 e. The van der Waals surface area contributed by atoms with Gasteiger partial charge in [-0.15, -0.1) is 0 Å². The van der Waals surface area contributed by atoms with Crippen LogP contribution in [0.1, 0.15) is 11.3 Å². The topological polar surface area (TPSA) is 27.8 Å². The molecule has 0 atom stereocenters. The van der Waals surface area contributed by atoms with Gasteiger partial charge in [-0.2, -0.15) is 0 Å². The van der Waals surface area contributed by atoms with Gasteiger partial charge in [0.25, 0.3) is 0 Å². The zero-order chi connectivity index (χ0) is 14.4. The Kier molecular flexibility index (Phi) is 3.29. The minimum Gasteiger partial charge on any atom is -0.357 e. The minimum absolute atomic E-state index is 0.770. The summed E-state index contributed by atoms with van der Waals surface area (Å²) < 4.78 is 1.11. The third kappa shape index (κ3) is 2.20. The van der Waals surface area contributed by atoms with Crippen LogP contribution in [-0.2, 0) is 13.0 Å². The van der Waals surface area contributed by atoms with Gasteiger partial charge < -0.3 is 10.3 Å². The highest BCUT2D eigenvalue weighted by Crippen LogP contribution is 2.38. The molecule has 0 saturated heterocycles. The van der Waals surface area contributed by atoms with Gasteiger partial charge in [0.05, 0.1) is 5.52 Å². The number of hydrogen-bond acceptors (Lipinski definition) is 1. The summed E-state index contributed by atoms with van der Waals surface area (Å²) in [5, 5.41) is 5.54. The molecule has 2 aromatic carbocycles. The number of nitrogens with one attached hydrogen (secondary N) is 2. The van der Waals surface area contributed by atoms with E-state index in [1.54, 1.807) is 0 Å². The summed E-state index contributed by atoms with van der Waals surface area (Å²) in [5.74, 6) is 0. The number of aromatic amines is 1. The van der Waals surface area contributed by atoms with Crippen LogP contribution >= 0.6 is 27.5 Å². The van der Waals surface area contributed by atoms with Crippen LogP contribution in [0.5, 0.6) is 0 Å². The Morgan fingerprint density at radius 3 is 2.90 bits per heavy atom. The fraction of sp³-hybridized carbons (Fsp3) is 0.176. The van der Waals surface area contributed by atoms with Crippen molar-refractivity contribution in [3.8, 4) is 11.1 Å². The molecule has 4 heteroatoms.